The summed E-state index contributed by atoms with van der Waals surface area (Å²) >= 11 is 0. The third-order valence-corrected chi connectivity index (χ3v) is 5.21. The van der Waals surface area contributed by atoms with Crippen molar-refractivity contribution in [2.24, 2.45) is 11.7 Å². The molecule has 34 heavy (non-hydrogen) atoms. The number of rotatable bonds is 4. The highest BCUT2D eigenvalue weighted by atomic mass is 19.4. The number of hydrogen-bond acceptors (Lipinski definition) is 5. The van der Waals surface area contributed by atoms with E-state index in [0.29, 0.717) is 11.1 Å². The summed E-state index contributed by atoms with van der Waals surface area (Å²) in [4.78, 5) is 35.0. The molecule has 1 saturated heterocycles. The third-order valence-electron chi connectivity index (χ3n) is 5.21. The number of hydrogen-bond donors (Lipinski definition) is 3. The van der Waals surface area contributed by atoms with Gasteiger partial charge in [0.1, 0.15) is 5.52 Å². The molecule has 0 spiro atoms. The van der Waals surface area contributed by atoms with E-state index in [4.69, 9.17) is 15.6 Å². The van der Waals surface area contributed by atoms with Gasteiger partial charge in [-0.2, -0.15) is 18.3 Å². The first kappa shape index (κ1) is 24.7. The summed E-state index contributed by atoms with van der Waals surface area (Å²) in [6, 6.07) is 12.8. The van der Waals surface area contributed by atoms with Crippen LogP contribution >= 0.6 is 0 Å². The van der Waals surface area contributed by atoms with Crippen molar-refractivity contribution >= 4 is 34.4 Å². The minimum atomic E-state index is -5.08. The maximum Gasteiger partial charge on any atom is 0.490 e. The van der Waals surface area contributed by atoms with Gasteiger partial charge in [-0.15, -0.1) is 0 Å². The molecule has 0 bridgehead atoms. The Morgan fingerprint density at radius 1 is 1.15 bits per heavy atom. The van der Waals surface area contributed by atoms with Crippen LogP contribution in [0, 0.1) is 5.92 Å². The number of benzene rings is 2. The summed E-state index contributed by atoms with van der Waals surface area (Å²) < 4.78 is 33.4. The predicted molar refractivity (Wildman–Crippen MR) is 118 cm³/mol. The number of nitrogens with zero attached hydrogens (tertiary/aromatic N) is 3. The molecule has 9 nitrogen and oxygen atoms in total. The van der Waals surface area contributed by atoms with Crippen LogP contribution in [0.5, 0.6) is 0 Å². The van der Waals surface area contributed by atoms with Crippen molar-refractivity contribution < 1.29 is 32.7 Å². The lowest BCUT2D eigenvalue weighted by molar-refractivity contribution is -0.192. The van der Waals surface area contributed by atoms with Crippen LogP contribution in [-0.4, -0.2) is 63.9 Å². The molecular formula is C22H22F3N5O4. The maximum atomic E-state index is 12.3. The molecule has 180 valence electrons. The number of nitrogens with two attached hydrogens (primary N) is 1. The Morgan fingerprint density at radius 2 is 1.79 bits per heavy atom. The number of nitrogens with one attached hydrogen (secondary N) is 1. The molecule has 4 rings (SSSR count). The molecule has 4 N–H and O–H groups in total. The van der Waals surface area contributed by atoms with Gasteiger partial charge >= 0.3 is 12.1 Å². The zero-order chi connectivity index (χ0) is 25.0. The van der Waals surface area contributed by atoms with E-state index in [1.54, 1.807) is 16.8 Å². The van der Waals surface area contributed by atoms with Crippen LogP contribution in [0.1, 0.15) is 16.8 Å². The Hall–Kier alpha value is -3.93. The zero-order valence-electron chi connectivity index (χ0n) is 18.0. The smallest absolute Gasteiger partial charge is 0.475 e. The molecule has 0 radical (unpaired) electrons. The van der Waals surface area contributed by atoms with Crippen LogP contribution in [0.15, 0.2) is 48.7 Å². The summed E-state index contributed by atoms with van der Waals surface area (Å²) in [7, 11) is 2.03. The number of amides is 2. The average molecular weight is 477 g/mol. The van der Waals surface area contributed by atoms with Gasteiger partial charge in [0.15, 0.2) is 0 Å². The van der Waals surface area contributed by atoms with Crippen molar-refractivity contribution in [1.82, 2.24) is 14.7 Å². The monoisotopic (exact) mass is 477 g/mol. The summed E-state index contributed by atoms with van der Waals surface area (Å²) in [5.41, 5.74) is 7.99. The number of carbonyl (C=O) groups is 3. The second-order valence-electron chi connectivity index (χ2n) is 7.77. The van der Waals surface area contributed by atoms with Gasteiger partial charge in [0, 0.05) is 23.8 Å². The number of aliphatic carboxylic acids is 1. The van der Waals surface area contributed by atoms with Gasteiger partial charge < -0.3 is 21.1 Å². The van der Waals surface area contributed by atoms with E-state index in [-0.39, 0.29) is 11.8 Å². The van der Waals surface area contributed by atoms with Gasteiger partial charge in [-0.25, -0.2) is 9.48 Å². The SMILES string of the molecule is CN1CC[C@H](C(=O)Nc2ccc(-n3cc4cccc(C(N)=O)c4n3)cc2)C1.O=C(O)C(F)(F)F. The number of fused-ring (bicyclic) bond motifs is 1. The molecule has 1 atom stereocenters. The molecule has 1 aliphatic heterocycles. The number of primary amides is 1. The highest BCUT2D eigenvalue weighted by Crippen LogP contribution is 2.21. The van der Waals surface area contributed by atoms with Gasteiger partial charge in [0.25, 0.3) is 5.91 Å². The maximum absolute atomic E-state index is 12.3. The molecule has 0 aliphatic carbocycles. The van der Waals surface area contributed by atoms with E-state index in [0.717, 1.165) is 36.3 Å². The molecule has 1 aromatic heterocycles. The number of halogens is 3. The van der Waals surface area contributed by atoms with Gasteiger partial charge in [-0.1, -0.05) is 12.1 Å². The number of anilines is 1. The van der Waals surface area contributed by atoms with Crippen molar-refractivity contribution in [2.45, 2.75) is 12.6 Å². The summed E-state index contributed by atoms with van der Waals surface area (Å²) in [5, 5.41) is 15.4. The zero-order valence-corrected chi connectivity index (χ0v) is 18.0. The molecule has 2 heterocycles. The molecular weight excluding hydrogens is 455 g/mol. The van der Waals surface area contributed by atoms with Crippen molar-refractivity contribution in [1.29, 1.82) is 0 Å². The highest BCUT2D eigenvalue weighted by molar-refractivity contribution is 6.04. The van der Waals surface area contributed by atoms with Crippen LogP contribution in [0.3, 0.4) is 0 Å². The molecule has 1 fully saturated rings. The molecule has 2 amide bonds. The van der Waals surface area contributed by atoms with Crippen LogP contribution < -0.4 is 11.1 Å². The van der Waals surface area contributed by atoms with Crippen LogP contribution in [0.4, 0.5) is 18.9 Å². The van der Waals surface area contributed by atoms with Crippen molar-refractivity contribution in [2.75, 3.05) is 25.5 Å². The van der Waals surface area contributed by atoms with Crippen LogP contribution in [0.25, 0.3) is 16.6 Å². The molecule has 1 aliphatic rings. The molecule has 3 aromatic rings. The predicted octanol–water partition coefficient (Wildman–Crippen LogP) is 2.65. The van der Waals surface area contributed by atoms with E-state index in [1.165, 1.54) is 0 Å². The normalized spacial score (nSPS) is 16.1. The first-order valence-electron chi connectivity index (χ1n) is 10.1. The number of carboxylic acids is 1. The largest absolute Gasteiger partial charge is 0.490 e. The van der Waals surface area contributed by atoms with E-state index in [1.807, 2.05) is 43.6 Å². The molecule has 12 heteroatoms. The summed E-state index contributed by atoms with van der Waals surface area (Å²) in [6.07, 6.45) is -2.34. The fraction of sp³-hybridized carbons (Fsp3) is 0.273. The van der Waals surface area contributed by atoms with Gasteiger partial charge in [0.05, 0.1) is 17.2 Å². The van der Waals surface area contributed by atoms with Crippen molar-refractivity contribution in [3.63, 3.8) is 0 Å². The molecule has 0 unspecified atom stereocenters. The second-order valence-corrected chi connectivity index (χ2v) is 7.77. The van der Waals surface area contributed by atoms with E-state index in [9.17, 15) is 22.8 Å². The molecule has 0 saturated carbocycles. The number of carbonyl (C=O) groups excluding carboxylic acids is 2. The summed E-state index contributed by atoms with van der Waals surface area (Å²) in [5.74, 6) is -3.16. The Bertz CT molecular complexity index is 1210. The van der Waals surface area contributed by atoms with E-state index >= 15 is 0 Å². The lowest BCUT2D eigenvalue weighted by Gasteiger charge is -2.11. The van der Waals surface area contributed by atoms with Crippen LogP contribution in [-0.2, 0) is 9.59 Å². The second kappa shape index (κ2) is 9.91. The lowest BCUT2D eigenvalue weighted by Crippen LogP contribution is -2.25. The van der Waals surface area contributed by atoms with Crippen LogP contribution in [0.2, 0.25) is 0 Å². The Labute approximate surface area is 191 Å². The number of aromatic nitrogens is 2. The quantitative estimate of drug-likeness (QED) is 0.530. The van der Waals surface area contributed by atoms with Crippen molar-refractivity contribution in [3.8, 4) is 5.69 Å². The fourth-order valence-corrected chi connectivity index (χ4v) is 3.47. The average Bonchev–Trinajstić information content (AvgIpc) is 3.40. The highest BCUT2D eigenvalue weighted by Gasteiger charge is 2.38. The van der Waals surface area contributed by atoms with E-state index in [2.05, 4.69) is 15.3 Å². The minimum Gasteiger partial charge on any atom is -0.475 e. The molecule has 2 aromatic carbocycles. The minimum absolute atomic E-state index is 0.0401. The number of alkyl halides is 3. The first-order valence-corrected chi connectivity index (χ1v) is 10.1. The summed E-state index contributed by atoms with van der Waals surface area (Å²) in [6.45, 7) is 1.75. The van der Waals surface area contributed by atoms with E-state index < -0.39 is 18.1 Å². The Balaban J connectivity index is 0.000000406. The third kappa shape index (κ3) is 5.90. The van der Waals surface area contributed by atoms with Gasteiger partial charge in [-0.05, 0) is 50.3 Å². The Morgan fingerprint density at radius 3 is 2.32 bits per heavy atom. The van der Waals surface area contributed by atoms with Crippen molar-refractivity contribution in [3.05, 3.63) is 54.2 Å². The lowest BCUT2D eigenvalue weighted by atomic mass is 10.1. The topological polar surface area (TPSA) is 131 Å². The number of likely N-dealkylation sites (tertiary alicyclic amines) is 1. The number of carboxylic acid groups (broad SMARTS) is 1. The van der Waals surface area contributed by atoms with Gasteiger partial charge in [0.2, 0.25) is 5.91 Å². The fourth-order valence-electron chi connectivity index (χ4n) is 3.47. The first-order chi connectivity index (χ1) is 16.0. The Kier molecular flexibility index (Phi) is 7.20. The van der Waals surface area contributed by atoms with Gasteiger partial charge in [-0.3, -0.25) is 9.59 Å². The standard InChI is InChI=1S/C20H21N5O2.C2HF3O2/c1-24-10-9-14(11-24)20(27)22-15-5-7-16(8-6-15)25-12-13-3-2-4-17(19(21)26)18(13)23-25;3-2(4,5)1(6)7/h2-8,12,14H,9-11H2,1H3,(H2,21,26)(H,22,27);(H,6,7)/t14-;/m0./s1.